The van der Waals surface area contributed by atoms with Crippen LogP contribution in [0.15, 0.2) is 42.5 Å². The van der Waals surface area contributed by atoms with E-state index in [4.69, 9.17) is 14.2 Å². The molecule has 2 aromatic rings. The molecule has 0 heterocycles. The molecule has 32 heavy (non-hydrogen) atoms. The molecule has 1 amide bonds. The average Bonchev–Trinajstić information content (AvgIpc) is 2.76. The Bertz CT molecular complexity index is 1010. The number of amides is 1. The first kappa shape index (κ1) is 25.3. The number of hydrogen-bond donors (Lipinski definition) is 1. The molecule has 0 fully saturated rings. The minimum Gasteiger partial charge on any atom is -0.497 e. The minimum atomic E-state index is -3.74. The van der Waals surface area contributed by atoms with Crippen molar-refractivity contribution in [2.45, 2.75) is 39.3 Å². The zero-order valence-electron chi connectivity index (χ0n) is 19.4. The summed E-state index contributed by atoms with van der Waals surface area (Å²) in [5.74, 6) is 1.43. The third-order valence-electron chi connectivity index (χ3n) is 4.99. The number of nitrogens with one attached hydrogen (secondary N) is 1. The standard InChI is InChI=1S/C23H32N2O6S/c1-7-21(25(32(6,27)28)17-9-11-18(12-10-17)31-8-2)23(26)24-16(3)20-15-19(29-4)13-14-22(20)30-5/h9-16,21H,7-8H2,1-6H3,(H,24,26). The summed E-state index contributed by atoms with van der Waals surface area (Å²) in [6.45, 7) is 5.95. The molecule has 0 radical (unpaired) electrons. The molecule has 176 valence electrons. The molecule has 0 aliphatic carbocycles. The summed E-state index contributed by atoms with van der Waals surface area (Å²) in [6.07, 6.45) is 1.38. The van der Waals surface area contributed by atoms with Crippen molar-refractivity contribution in [2.24, 2.45) is 0 Å². The second-order valence-electron chi connectivity index (χ2n) is 7.25. The van der Waals surface area contributed by atoms with Gasteiger partial charge in [0, 0.05) is 5.56 Å². The van der Waals surface area contributed by atoms with Crippen LogP contribution < -0.4 is 23.8 Å². The summed E-state index contributed by atoms with van der Waals surface area (Å²) in [7, 11) is -0.630. The van der Waals surface area contributed by atoms with Crippen LogP contribution in [0.2, 0.25) is 0 Å². The van der Waals surface area contributed by atoms with Gasteiger partial charge in [0.2, 0.25) is 15.9 Å². The second-order valence-corrected chi connectivity index (χ2v) is 9.11. The summed E-state index contributed by atoms with van der Waals surface area (Å²) in [5.41, 5.74) is 1.12. The molecule has 9 heteroatoms. The summed E-state index contributed by atoms with van der Waals surface area (Å²) < 4.78 is 42.6. The number of sulfonamides is 1. The van der Waals surface area contributed by atoms with Crippen LogP contribution in [0, 0.1) is 0 Å². The van der Waals surface area contributed by atoms with Gasteiger partial charge in [0.05, 0.1) is 38.8 Å². The number of nitrogens with zero attached hydrogens (tertiary/aromatic N) is 1. The summed E-state index contributed by atoms with van der Waals surface area (Å²) >= 11 is 0. The maximum Gasteiger partial charge on any atom is 0.244 e. The highest BCUT2D eigenvalue weighted by Gasteiger charge is 2.32. The molecule has 0 spiro atoms. The predicted octanol–water partition coefficient (Wildman–Crippen LogP) is 3.52. The Hall–Kier alpha value is -2.94. The maximum absolute atomic E-state index is 13.2. The van der Waals surface area contributed by atoms with Crippen molar-refractivity contribution in [1.29, 1.82) is 0 Å². The zero-order valence-corrected chi connectivity index (χ0v) is 20.2. The Morgan fingerprint density at radius 1 is 1.03 bits per heavy atom. The molecule has 0 aliphatic heterocycles. The van der Waals surface area contributed by atoms with Crippen LogP contribution >= 0.6 is 0 Å². The predicted molar refractivity (Wildman–Crippen MR) is 125 cm³/mol. The molecule has 0 aromatic heterocycles. The van der Waals surface area contributed by atoms with Gasteiger partial charge in [-0.15, -0.1) is 0 Å². The van der Waals surface area contributed by atoms with E-state index in [-0.39, 0.29) is 6.42 Å². The molecular weight excluding hydrogens is 432 g/mol. The number of benzene rings is 2. The van der Waals surface area contributed by atoms with Crippen molar-refractivity contribution in [3.05, 3.63) is 48.0 Å². The van der Waals surface area contributed by atoms with E-state index < -0.39 is 28.0 Å². The maximum atomic E-state index is 13.2. The van der Waals surface area contributed by atoms with Crippen molar-refractivity contribution < 1.29 is 27.4 Å². The summed E-state index contributed by atoms with van der Waals surface area (Å²) in [5, 5.41) is 2.92. The molecule has 8 nitrogen and oxygen atoms in total. The molecule has 1 N–H and O–H groups in total. The van der Waals surface area contributed by atoms with Crippen molar-refractivity contribution >= 4 is 21.6 Å². The fourth-order valence-electron chi connectivity index (χ4n) is 3.48. The van der Waals surface area contributed by atoms with Gasteiger partial charge >= 0.3 is 0 Å². The number of carbonyl (C=O) groups excluding carboxylic acids is 1. The van der Waals surface area contributed by atoms with E-state index in [1.807, 2.05) is 13.8 Å². The van der Waals surface area contributed by atoms with E-state index in [1.54, 1.807) is 63.6 Å². The van der Waals surface area contributed by atoms with E-state index in [0.717, 1.165) is 16.1 Å². The van der Waals surface area contributed by atoms with E-state index in [0.29, 0.717) is 29.5 Å². The lowest BCUT2D eigenvalue weighted by Gasteiger charge is -2.31. The first-order valence-electron chi connectivity index (χ1n) is 10.4. The average molecular weight is 465 g/mol. The molecule has 0 saturated carbocycles. The Kier molecular flexibility index (Phi) is 8.77. The number of hydrogen-bond acceptors (Lipinski definition) is 6. The van der Waals surface area contributed by atoms with Crippen LogP contribution in [0.1, 0.15) is 38.8 Å². The second kappa shape index (κ2) is 11.1. The number of anilines is 1. The lowest BCUT2D eigenvalue weighted by Crippen LogP contribution is -2.49. The Labute approximate surface area is 190 Å². The van der Waals surface area contributed by atoms with Crippen LogP contribution in [0.3, 0.4) is 0 Å². The Balaban J connectivity index is 2.34. The lowest BCUT2D eigenvalue weighted by atomic mass is 10.1. The smallest absolute Gasteiger partial charge is 0.244 e. The molecular formula is C23H32N2O6S. The van der Waals surface area contributed by atoms with Crippen molar-refractivity contribution in [3.8, 4) is 17.2 Å². The number of carbonyl (C=O) groups is 1. The monoisotopic (exact) mass is 464 g/mol. The number of methoxy groups -OCH3 is 2. The number of ether oxygens (including phenoxy) is 3. The highest BCUT2D eigenvalue weighted by atomic mass is 32.2. The molecule has 0 aliphatic rings. The third-order valence-corrected chi connectivity index (χ3v) is 6.17. The summed E-state index contributed by atoms with van der Waals surface area (Å²) in [4.78, 5) is 13.2. The lowest BCUT2D eigenvalue weighted by molar-refractivity contribution is -0.122. The molecule has 2 atom stereocenters. The normalized spacial score (nSPS) is 13.1. The fraction of sp³-hybridized carbons (Fsp3) is 0.435. The Morgan fingerprint density at radius 3 is 2.16 bits per heavy atom. The van der Waals surface area contributed by atoms with Crippen molar-refractivity contribution in [1.82, 2.24) is 5.32 Å². The van der Waals surface area contributed by atoms with Gasteiger partial charge in [0.1, 0.15) is 23.3 Å². The Morgan fingerprint density at radius 2 is 1.66 bits per heavy atom. The van der Waals surface area contributed by atoms with Gasteiger partial charge in [0.15, 0.2) is 0 Å². The van der Waals surface area contributed by atoms with Gasteiger partial charge in [-0.2, -0.15) is 0 Å². The molecule has 2 aromatic carbocycles. The SMILES string of the molecule is CCOc1ccc(N(C(CC)C(=O)NC(C)c2cc(OC)ccc2OC)S(C)(=O)=O)cc1. The van der Waals surface area contributed by atoms with E-state index in [1.165, 1.54) is 0 Å². The molecule has 2 rings (SSSR count). The van der Waals surface area contributed by atoms with Gasteiger partial charge in [-0.1, -0.05) is 6.92 Å². The zero-order chi connectivity index (χ0) is 23.9. The first-order chi connectivity index (χ1) is 15.2. The number of rotatable bonds is 11. The van der Waals surface area contributed by atoms with Gasteiger partial charge in [0.25, 0.3) is 0 Å². The highest BCUT2D eigenvalue weighted by molar-refractivity contribution is 7.92. The summed E-state index contributed by atoms with van der Waals surface area (Å²) in [6, 6.07) is 10.6. The highest BCUT2D eigenvalue weighted by Crippen LogP contribution is 2.30. The van der Waals surface area contributed by atoms with Crippen LogP contribution in [0.5, 0.6) is 17.2 Å². The first-order valence-corrected chi connectivity index (χ1v) is 12.3. The third kappa shape index (κ3) is 6.06. The van der Waals surface area contributed by atoms with Gasteiger partial charge < -0.3 is 19.5 Å². The van der Waals surface area contributed by atoms with Gasteiger partial charge in [-0.05, 0) is 62.7 Å². The van der Waals surface area contributed by atoms with E-state index in [9.17, 15) is 13.2 Å². The topological polar surface area (TPSA) is 94.2 Å². The van der Waals surface area contributed by atoms with Crippen molar-refractivity contribution in [2.75, 3.05) is 31.4 Å². The van der Waals surface area contributed by atoms with Crippen molar-refractivity contribution in [3.63, 3.8) is 0 Å². The van der Waals surface area contributed by atoms with Crippen LogP contribution in [-0.4, -0.2) is 47.4 Å². The molecule has 0 saturated heterocycles. The minimum absolute atomic E-state index is 0.286. The van der Waals surface area contributed by atoms with Gasteiger partial charge in [-0.3, -0.25) is 9.10 Å². The van der Waals surface area contributed by atoms with Crippen LogP contribution in [-0.2, 0) is 14.8 Å². The van der Waals surface area contributed by atoms with Crippen LogP contribution in [0.25, 0.3) is 0 Å². The van der Waals surface area contributed by atoms with E-state index >= 15 is 0 Å². The van der Waals surface area contributed by atoms with Crippen LogP contribution in [0.4, 0.5) is 5.69 Å². The van der Waals surface area contributed by atoms with Gasteiger partial charge in [-0.25, -0.2) is 8.42 Å². The molecule has 0 bridgehead atoms. The quantitative estimate of drug-likeness (QED) is 0.547. The largest absolute Gasteiger partial charge is 0.497 e. The molecule has 2 unspecified atom stereocenters. The van der Waals surface area contributed by atoms with E-state index in [2.05, 4.69) is 5.32 Å². The fourth-order valence-corrected chi connectivity index (χ4v) is 4.69.